The summed E-state index contributed by atoms with van der Waals surface area (Å²) < 4.78 is 29.7. The Labute approximate surface area is 462 Å². The summed E-state index contributed by atoms with van der Waals surface area (Å²) in [6, 6.07) is 10.3. The molecule has 3 aliphatic carbocycles. The molecule has 0 radical (unpaired) electrons. The quantitative estimate of drug-likeness (QED) is 0.115. The smallest absolute Gasteiger partial charge is 0.210 e. The van der Waals surface area contributed by atoms with E-state index >= 15 is 0 Å². The van der Waals surface area contributed by atoms with Crippen LogP contribution < -0.4 is 14.2 Å². The Morgan fingerprint density at radius 1 is 0.653 bits per heavy atom. The number of carbonyl (C=O) groups excluding carboxylic acids is 5. The lowest BCUT2D eigenvalue weighted by Gasteiger charge is -2.44. The Bertz CT molecular complexity index is 2670. The summed E-state index contributed by atoms with van der Waals surface area (Å²) in [5.41, 5.74) is 6.62. The van der Waals surface area contributed by atoms with Gasteiger partial charge in [0, 0.05) is 82.7 Å². The van der Waals surface area contributed by atoms with Crippen molar-refractivity contribution in [2.45, 2.75) is 101 Å². The van der Waals surface area contributed by atoms with Crippen LogP contribution in [0, 0.1) is 17.8 Å². The molecule has 6 unspecified atom stereocenters. The highest BCUT2D eigenvalue weighted by Gasteiger charge is 2.44. The average Bonchev–Trinajstić information content (AvgIpc) is 3.86. The van der Waals surface area contributed by atoms with E-state index in [0.29, 0.717) is 82.2 Å². The lowest BCUT2D eigenvalue weighted by Crippen LogP contribution is -2.50. The molecule has 3 aromatic rings. The minimum Gasteiger partial charge on any atom is -0.504 e. The molecule has 1 spiro atoms. The van der Waals surface area contributed by atoms with Crippen LogP contribution in [0.5, 0.6) is 34.5 Å². The van der Waals surface area contributed by atoms with Crippen LogP contribution in [-0.2, 0) is 52.7 Å². The van der Waals surface area contributed by atoms with Gasteiger partial charge in [0.15, 0.2) is 51.9 Å². The molecular weight excluding hydrogens is 1160 g/mol. The number of halogens is 3. The van der Waals surface area contributed by atoms with E-state index < -0.39 is 5.79 Å². The van der Waals surface area contributed by atoms with Crippen molar-refractivity contribution in [1.29, 1.82) is 0 Å². The first-order valence-corrected chi connectivity index (χ1v) is 27.7. The fraction of sp³-hybridized carbons (Fsp3) is 0.482. The number of aromatic hydroxyl groups is 3. The van der Waals surface area contributed by atoms with Crippen LogP contribution in [0.15, 0.2) is 84.8 Å². The molecule has 0 aromatic heterocycles. The number of phenols is 3. The van der Waals surface area contributed by atoms with E-state index in [9.17, 15) is 39.3 Å². The van der Waals surface area contributed by atoms with Crippen molar-refractivity contribution in [3.8, 4) is 34.5 Å². The summed E-state index contributed by atoms with van der Waals surface area (Å²) in [6.45, 7) is 3.30. The largest absolute Gasteiger partial charge is 0.504 e. The summed E-state index contributed by atoms with van der Waals surface area (Å²) in [4.78, 5) is 63.6. The Morgan fingerprint density at radius 2 is 1.19 bits per heavy atom. The number of amides is 3. The second-order valence-corrected chi connectivity index (χ2v) is 22.6. The summed E-state index contributed by atoms with van der Waals surface area (Å²) in [7, 11) is 4.54. The molecule has 3 aromatic carbocycles. The molecule has 19 heteroatoms. The van der Waals surface area contributed by atoms with Crippen molar-refractivity contribution in [2.24, 2.45) is 17.8 Å². The highest BCUT2D eigenvalue weighted by atomic mass is 79.9. The Hall–Kier alpha value is -5.21. The van der Waals surface area contributed by atoms with E-state index in [1.165, 1.54) is 32.5 Å². The summed E-state index contributed by atoms with van der Waals surface area (Å²) >= 11 is 10.6. The molecule has 0 bridgehead atoms. The second-order valence-electron chi connectivity index (χ2n) is 20.0. The van der Waals surface area contributed by atoms with E-state index in [4.69, 9.17) is 23.7 Å². The van der Waals surface area contributed by atoms with Crippen molar-refractivity contribution in [1.82, 2.24) is 14.7 Å². The summed E-state index contributed by atoms with van der Waals surface area (Å²) in [6.07, 6.45) is 16.8. The molecule has 75 heavy (non-hydrogen) atoms. The van der Waals surface area contributed by atoms with Gasteiger partial charge in [0.25, 0.3) is 0 Å². The number of benzene rings is 3. The van der Waals surface area contributed by atoms with Crippen LogP contribution in [-0.4, -0.2) is 139 Å². The van der Waals surface area contributed by atoms with E-state index in [1.54, 1.807) is 48.6 Å². The first-order valence-electron chi connectivity index (χ1n) is 25.3. The van der Waals surface area contributed by atoms with Crippen molar-refractivity contribution in [3.63, 3.8) is 0 Å². The monoisotopic (exact) mass is 1220 g/mol. The van der Waals surface area contributed by atoms with Gasteiger partial charge in [-0.3, -0.25) is 24.0 Å². The van der Waals surface area contributed by atoms with Crippen LogP contribution in [0.2, 0.25) is 0 Å². The van der Waals surface area contributed by atoms with Gasteiger partial charge in [-0.05, 0) is 128 Å². The van der Waals surface area contributed by atoms with Gasteiger partial charge < -0.3 is 53.7 Å². The predicted octanol–water partition coefficient (Wildman–Crippen LogP) is 8.70. The number of rotatable bonds is 12. The van der Waals surface area contributed by atoms with Crippen LogP contribution in [0.4, 0.5) is 0 Å². The van der Waals surface area contributed by atoms with Crippen molar-refractivity contribution >= 4 is 78.6 Å². The number of fused-ring (bicyclic) bond motifs is 2. The Morgan fingerprint density at radius 3 is 1.75 bits per heavy atom. The first kappa shape index (κ1) is 56.0. The number of ether oxygens (including phenoxy) is 5. The first-order chi connectivity index (χ1) is 36.1. The number of ketones is 2. The Balaban J connectivity index is 0.000000150. The third kappa shape index (κ3) is 12.6. The van der Waals surface area contributed by atoms with Gasteiger partial charge >= 0.3 is 0 Å². The molecule has 10 rings (SSSR count). The summed E-state index contributed by atoms with van der Waals surface area (Å²) in [5, 5.41) is 30.3. The van der Waals surface area contributed by atoms with E-state index in [-0.39, 0.29) is 64.7 Å². The maximum absolute atomic E-state index is 11.7. The molecule has 3 N–H and O–H groups in total. The van der Waals surface area contributed by atoms with Gasteiger partial charge in [0.2, 0.25) is 19.2 Å². The minimum absolute atomic E-state index is 0.000283. The number of hydrogen-bond acceptors (Lipinski definition) is 13. The average molecular weight is 1230 g/mol. The van der Waals surface area contributed by atoms with Gasteiger partial charge in [-0.1, -0.05) is 65.0 Å². The number of nitrogens with zero attached hydrogens (tertiary/aromatic N) is 3. The van der Waals surface area contributed by atoms with Crippen LogP contribution in [0.25, 0.3) is 0 Å². The van der Waals surface area contributed by atoms with Crippen LogP contribution >= 0.6 is 47.8 Å². The number of methoxy groups -OCH3 is 3. The zero-order chi connectivity index (χ0) is 53.6. The number of hydrogen-bond donors (Lipinski definition) is 3. The topological polar surface area (TPSA) is 202 Å². The lowest BCUT2D eigenvalue weighted by molar-refractivity contribution is -0.165. The van der Waals surface area contributed by atoms with E-state index in [0.717, 1.165) is 99.9 Å². The SMILES string of the molecule is COc1cc(Br)c(CC2C3=C(CCN2C=O)CC2(CC3)OCCO2)cc1O.COc1cc(Br)c(CC2C3C=CC(=O)CC3CCN2C=O)cc1O.COc1cc(Br)c(CC2C3CCC(=O)C=C3CCN2C=O)cc1O. The predicted molar refractivity (Wildman–Crippen MR) is 289 cm³/mol. The molecule has 0 saturated carbocycles. The van der Waals surface area contributed by atoms with E-state index in [1.807, 2.05) is 20.8 Å². The maximum Gasteiger partial charge on any atom is 0.210 e. The molecule has 3 saturated heterocycles. The van der Waals surface area contributed by atoms with Gasteiger partial charge in [0.05, 0.1) is 40.6 Å². The zero-order valence-electron chi connectivity index (χ0n) is 42.3. The number of carbonyl (C=O) groups is 5. The number of likely N-dealkylation sites (tertiary alicyclic amines) is 2. The fourth-order valence-corrected chi connectivity index (χ4v) is 13.5. The molecule has 4 heterocycles. The lowest BCUT2D eigenvalue weighted by atomic mass is 9.72. The van der Waals surface area contributed by atoms with Gasteiger partial charge in [0.1, 0.15) is 0 Å². The fourth-order valence-electron chi connectivity index (χ4n) is 12.1. The molecule has 3 amide bonds. The summed E-state index contributed by atoms with van der Waals surface area (Å²) in [5.74, 6) is 2.06. The zero-order valence-corrected chi connectivity index (χ0v) is 47.1. The highest BCUT2D eigenvalue weighted by molar-refractivity contribution is 9.11. The molecule has 7 aliphatic rings. The standard InChI is InChI=1S/C20H24BrNO5.2C18H20BrNO4/c1-25-19-10-16(21)14(9-18(19)24)8-17-15-2-4-20(26-6-7-27-20)11-13(15)3-5-22(17)12-23;2*1-24-18-9-15(19)12(8-17(18)23)7-16-14-3-2-13(22)6-11(14)4-5-20(16)10-21/h9-10,12,17,24H,2-8,11H2,1H3;6,8-10,14,16,23H,2-5,7H2,1H3;2-3,8-11,14,16,23H,4-7H2,1H3. The highest BCUT2D eigenvalue weighted by Crippen LogP contribution is 2.46. The van der Waals surface area contributed by atoms with Crippen molar-refractivity contribution in [3.05, 3.63) is 101 Å². The molecule has 4 aliphatic heterocycles. The van der Waals surface area contributed by atoms with Crippen LogP contribution in [0.1, 0.15) is 74.5 Å². The molecule has 16 nitrogen and oxygen atoms in total. The number of piperidine rings is 2. The van der Waals surface area contributed by atoms with Crippen molar-refractivity contribution in [2.75, 3.05) is 54.2 Å². The third-order valence-corrected chi connectivity index (χ3v) is 18.1. The third-order valence-electron chi connectivity index (χ3n) is 15.9. The van der Waals surface area contributed by atoms with E-state index in [2.05, 4.69) is 47.8 Å². The molecule has 3 fully saturated rings. The second kappa shape index (κ2) is 24.8. The minimum atomic E-state index is -0.453. The number of phenolic OH excluding ortho intramolecular Hbond substituents is 3. The van der Waals surface area contributed by atoms with Gasteiger partial charge in [-0.2, -0.15) is 0 Å². The molecular formula is C56H64Br3N3O13. The van der Waals surface area contributed by atoms with Crippen LogP contribution in [0.3, 0.4) is 0 Å². The van der Waals surface area contributed by atoms with Crippen molar-refractivity contribution < 1.29 is 63.0 Å². The molecule has 402 valence electrons. The molecule has 6 atom stereocenters. The normalized spacial score (nSPS) is 24.6. The number of allylic oxidation sites excluding steroid dienone is 2. The van der Waals surface area contributed by atoms with Gasteiger partial charge in [-0.15, -0.1) is 0 Å². The Kier molecular flexibility index (Phi) is 18.6. The van der Waals surface area contributed by atoms with Gasteiger partial charge in [-0.25, -0.2) is 0 Å². The maximum atomic E-state index is 11.7.